The molecule has 2 aromatic heterocycles. The Morgan fingerprint density at radius 3 is 2.28 bits per heavy atom. The number of aromatic nitrogens is 3. The highest BCUT2D eigenvalue weighted by Crippen LogP contribution is 2.47. The number of nitrogens with zero attached hydrogens (tertiary/aromatic N) is 4. The van der Waals surface area contributed by atoms with Crippen LogP contribution in [0.15, 0.2) is 64.4 Å². The molecule has 1 aliphatic rings. The van der Waals surface area contributed by atoms with Crippen molar-refractivity contribution in [2.24, 2.45) is 7.05 Å². The summed E-state index contributed by atoms with van der Waals surface area (Å²) in [4.78, 5) is 34.3. The SMILES string of the molecule is Cc1cc(C(=O)OCC(=O)N2c3ccccc3Sc3ccccc32)c2c(C)nn(C)c2n1. The van der Waals surface area contributed by atoms with Crippen molar-refractivity contribution in [2.75, 3.05) is 11.5 Å². The van der Waals surface area contributed by atoms with Gasteiger partial charge in [0.1, 0.15) is 0 Å². The molecule has 8 heteroatoms. The van der Waals surface area contributed by atoms with Crippen LogP contribution in [-0.4, -0.2) is 33.2 Å². The van der Waals surface area contributed by atoms with E-state index in [1.54, 1.807) is 34.5 Å². The number of carbonyl (C=O) groups is 2. The molecule has 0 atom stereocenters. The largest absolute Gasteiger partial charge is 0.452 e. The van der Waals surface area contributed by atoms with Crippen LogP contribution in [0.2, 0.25) is 0 Å². The summed E-state index contributed by atoms with van der Waals surface area (Å²) in [6.07, 6.45) is 0. The Bertz CT molecular complexity index is 1350. The summed E-state index contributed by atoms with van der Waals surface area (Å²) in [6.45, 7) is 3.25. The van der Waals surface area contributed by atoms with Crippen LogP contribution >= 0.6 is 11.8 Å². The molecule has 0 aliphatic carbocycles. The van der Waals surface area contributed by atoms with Gasteiger partial charge in [0.25, 0.3) is 5.91 Å². The van der Waals surface area contributed by atoms with Gasteiger partial charge in [-0.1, -0.05) is 36.0 Å². The second kappa shape index (κ2) is 7.80. The number of anilines is 2. The van der Waals surface area contributed by atoms with Crippen LogP contribution in [0.3, 0.4) is 0 Å². The van der Waals surface area contributed by atoms with Crippen molar-refractivity contribution in [2.45, 2.75) is 23.6 Å². The monoisotopic (exact) mass is 444 g/mol. The zero-order chi connectivity index (χ0) is 22.4. The fourth-order valence-electron chi connectivity index (χ4n) is 3.97. The number of para-hydroxylation sites is 2. The highest BCUT2D eigenvalue weighted by Gasteiger charge is 2.29. The molecule has 0 saturated carbocycles. The van der Waals surface area contributed by atoms with Crippen LogP contribution < -0.4 is 4.90 Å². The molecule has 0 N–H and O–H groups in total. The van der Waals surface area contributed by atoms with E-state index in [1.807, 2.05) is 62.4 Å². The average molecular weight is 445 g/mol. The van der Waals surface area contributed by atoms with Gasteiger partial charge < -0.3 is 4.74 Å². The summed E-state index contributed by atoms with van der Waals surface area (Å²) in [5.41, 5.74) is 3.89. The molecule has 0 saturated heterocycles. The Hall–Kier alpha value is -3.65. The fraction of sp³-hybridized carbons (Fsp3) is 0.167. The maximum Gasteiger partial charge on any atom is 0.339 e. The van der Waals surface area contributed by atoms with Crippen LogP contribution in [0.4, 0.5) is 11.4 Å². The van der Waals surface area contributed by atoms with Crippen molar-refractivity contribution in [1.82, 2.24) is 14.8 Å². The van der Waals surface area contributed by atoms with E-state index in [0.717, 1.165) is 21.2 Å². The lowest BCUT2D eigenvalue weighted by Crippen LogP contribution is -2.32. The zero-order valence-corrected chi connectivity index (χ0v) is 18.6. The van der Waals surface area contributed by atoms with Gasteiger partial charge in [0.2, 0.25) is 0 Å². The first kappa shape index (κ1) is 20.3. The van der Waals surface area contributed by atoms with Crippen molar-refractivity contribution < 1.29 is 14.3 Å². The van der Waals surface area contributed by atoms with Crippen LogP contribution in [0.1, 0.15) is 21.7 Å². The Morgan fingerprint density at radius 2 is 1.62 bits per heavy atom. The van der Waals surface area contributed by atoms with Crippen LogP contribution in [0, 0.1) is 13.8 Å². The van der Waals surface area contributed by atoms with Crippen LogP contribution in [0.25, 0.3) is 11.0 Å². The van der Waals surface area contributed by atoms with E-state index in [-0.39, 0.29) is 12.5 Å². The first-order valence-electron chi connectivity index (χ1n) is 10.1. The minimum atomic E-state index is -0.571. The predicted molar refractivity (Wildman–Crippen MR) is 122 cm³/mol. The highest BCUT2D eigenvalue weighted by molar-refractivity contribution is 7.99. The highest BCUT2D eigenvalue weighted by atomic mass is 32.2. The van der Waals surface area contributed by atoms with Gasteiger partial charge in [-0.05, 0) is 44.2 Å². The van der Waals surface area contributed by atoms with Gasteiger partial charge in [0.05, 0.1) is 28.0 Å². The Labute approximate surface area is 189 Å². The first-order valence-corrected chi connectivity index (χ1v) is 10.9. The number of carbonyl (C=O) groups excluding carboxylic acids is 2. The Morgan fingerprint density at radius 1 is 1.00 bits per heavy atom. The molecule has 0 fully saturated rings. The molecule has 4 aromatic rings. The minimum absolute atomic E-state index is 0.316. The first-order chi connectivity index (χ1) is 15.4. The minimum Gasteiger partial charge on any atom is -0.452 e. The number of pyridine rings is 1. The number of rotatable bonds is 3. The smallest absolute Gasteiger partial charge is 0.339 e. The fourth-order valence-corrected chi connectivity index (χ4v) is 5.03. The van der Waals surface area contributed by atoms with E-state index in [9.17, 15) is 9.59 Å². The molecule has 5 rings (SSSR count). The molecular formula is C24H20N4O3S. The van der Waals surface area contributed by atoms with Gasteiger partial charge in [-0.25, -0.2) is 9.78 Å². The average Bonchev–Trinajstić information content (AvgIpc) is 3.08. The number of fused-ring (bicyclic) bond motifs is 3. The van der Waals surface area contributed by atoms with Crippen molar-refractivity contribution in [3.05, 3.63) is 71.5 Å². The molecule has 1 amide bonds. The van der Waals surface area contributed by atoms with E-state index in [4.69, 9.17) is 4.74 Å². The molecule has 0 spiro atoms. The van der Waals surface area contributed by atoms with Gasteiger partial charge in [0.15, 0.2) is 12.3 Å². The Kier molecular flexibility index (Phi) is 4.94. The van der Waals surface area contributed by atoms with E-state index in [0.29, 0.717) is 28.0 Å². The van der Waals surface area contributed by atoms with Gasteiger partial charge >= 0.3 is 5.97 Å². The normalized spacial score (nSPS) is 12.4. The molecule has 0 unspecified atom stereocenters. The number of hydrogen-bond acceptors (Lipinski definition) is 6. The van der Waals surface area contributed by atoms with E-state index in [2.05, 4.69) is 10.1 Å². The second-order valence-corrected chi connectivity index (χ2v) is 8.65. The standard InChI is InChI=1S/C24H20N4O3S/c1-14-12-16(22-15(2)26-27(3)23(22)25-14)24(30)31-13-21(29)28-17-8-4-6-10-19(17)32-20-11-7-5-9-18(20)28/h4-12H,13H2,1-3H3. The maximum atomic E-state index is 13.3. The topological polar surface area (TPSA) is 77.3 Å². The van der Waals surface area contributed by atoms with E-state index in [1.165, 1.54) is 0 Å². The predicted octanol–water partition coefficient (Wildman–Crippen LogP) is 4.57. The van der Waals surface area contributed by atoms with Gasteiger partial charge in [-0.15, -0.1) is 0 Å². The summed E-state index contributed by atoms with van der Waals surface area (Å²) in [5.74, 6) is -0.888. The third kappa shape index (κ3) is 3.33. The number of aryl methyl sites for hydroxylation is 3. The van der Waals surface area contributed by atoms with Crippen molar-refractivity contribution in [1.29, 1.82) is 0 Å². The van der Waals surface area contributed by atoms with Crippen LogP contribution in [-0.2, 0) is 16.6 Å². The third-order valence-electron chi connectivity index (χ3n) is 5.33. The van der Waals surface area contributed by atoms with Crippen molar-refractivity contribution in [3.8, 4) is 0 Å². The van der Waals surface area contributed by atoms with Crippen molar-refractivity contribution in [3.63, 3.8) is 0 Å². The molecule has 32 heavy (non-hydrogen) atoms. The third-order valence-corrected chi connectivity index (χ3v) is 6.46. The van der Waals surface area contributed by atoms with Crippen molar-refractivity contribution >= 4 is 46.0 Å². The molecule has 0 bridgehead atoms. The van der Waals surface area contributed by atoms with Crippen LogP contribution in [0.5, 0.6) is 0 Å². The number of esters is 1. The summed E-state index contributed by atoms with van der Waals surface area (Å²) in [7, 11) is 1.78. The number of ether oxygens (including phenoxy) is 1. The number of hydrogen-bond donors (Lipinski definition) is 0. The van der Waals surface area contributed by atoms with Gasteiger partial charge in [0, 0.05) is 22.5 Å². The molecule has 2 aromatic carbocycles. The lowest BCUT2D eigenvalue weighted by molar-refractivity contribution is -0.121. The maximum absolute atomic E-state index is 13.3. The number of benzene rings is 2. The quantitative estimate of drug-likeness (QED) is 0.431. The lowest BCUT2D eigenvalue weighted by atomic mass is 10.1. The molecule has 3 heterocycles. The lowest BCUT2D eigenvalue weighted by Gasteiger charge is -2.30. The summed E-state index contributed by atoms with van der Waals surface area (Å²) >= 11 is 1.61. The van der Waals surface area contributed by atoms with E-state index >= 15 is 0 Å². The zero-order valence-electron chi connectivity index (χ0n) is 17.8. The van der Waals surface area contributed by atoms with Gasteiger partial charge in [-0.2, -0.15) is 5.10 Å². The summed E-state index contributed by atoms with van der Waals surface area (Å²) in [5, 5.41) is 5.00. The Balaban J connectivity index is 1.44. The summed E-state index contributed by atoms with van der Waals surface area (Å²) in [6, 6.07) is 17.1. The molecule has 7 nitrogen and oxygen atoms in total. The van der Waals surface area contributed by atoms with E-state index < -0.39 is 5.97 Å². The number of amides is 1. The second-order valence-electron chi connectivity index (χ2n) is 7.56. The molecule has 160 valence electrons. The molecule has 0 radical (unpaired) electrons. The van der Waals surface area contributed by atoms with Gasteiger partial charge in [-0.3, -0.25) is 14.4 Å². The summed E-state index contributed by atoms with van der Waals surface area (Å²) < 4.78 is 7.14. The molecular weight excluding hydrogens is 424 g/mol. The molecule has 1 aliphatic heterocycles.